The van der Waals surface area contributed by atoms with Crippen LogP contribution in [0.15, 0.2) is 65.6 Å². The summed E-state index contributed by atoms with van der Waals surface area (Å²) in [4.78, 5) is 36.3. The maximum atomic E-state index is 15.0. The van der Waals surface area contributed by atoms with E-state index in [0.29, 0.717) is 16.7 Å². The minimum absolute atomic E-state index is 0.106. The second-order valence-electron chi connectivity index (χ2n) is 17.8. The number of nitrogens with zero attached hydrogens (tertiary/aromatic N) is 5. The highest BCUT2D eigenvalue weighted by atomic mass is 32.2. The Kier molecular flexibility index (Phi) is 12.3. The second-order valence-corrected chi connectivity index (χ2v) is 20.0. The molecule has 3 atom stereocenters. The Hall–Kier alpha value is -3.52. The molecule has 0 spiro atoms. The minimum Gasteiger partial charge on any atom is -0.465 e. The van der Waals surface area contributed by atoms with Crippen LogP contribution >= 0.6 is 0 Å². The topological polar surface area (TPSA) is 117 Å². The first kappa shape index (κ1) is 40.3. The Balaban J connectivity index is 0.856. The fraction of sp³-hybridized carbons (Fsp3) is 0.636. The number of halogens is 1. The van der Waals surface area contributed by atoms with Crippen LogP contribution in [0.2, 0.25) is 0 Å². The Morgan fingerprint density at radius 1 is 0.825 bits per heavy atom. The lowest BCUT2D eigenvalue weighted by molar-refractivity contribution is -0.129. The van der Waals surface area contributed by atoms with E-state index in [1.807, 2.05) is 24.3 Å². The van der Waals surface area contributed by atoms with E-state index < -0.39 is 21.2 Å². The van der Waals surface area contributed by atoms with Crippen LogP contribution in [0.4, 0.5) is 14.9 Å². The van der Waals surface area contributed by atoms with Crippen LogP contribution in [0, 0.1) is 23.6 Å². The van der Waals surface area contributed by atoms with E-state index in [2.05, 4.69) is 31.0 Å². The maximum absolute atomic E-state index is 15.0. The molecule has 8 rings (SSSR count). The molecule has 0 bridgehead atoms. The van der Waals surface area contributed by atoms with Crippen molar-refractivity contribution in [1.82, 2.24) is 24.9 Å². The molecule has 2 aromatic carbocycles. The molecule has 13 heteroatoms. The molecule has 310 valence electrons. The molecular weight excluding hydrogens is 744 g/mol. The highest BCUT2D eigenvalue weighted by Crippen LogP contribution is 2.51. The van der Waals surface area contributed by atoms with Crippen LogP contribution in [0.3, 0.4) is 0 Å². The van der Waals surface area contributed by atoms with Crippen LogP contribution in [-0.2, 0) is 20.0 Å². The first-order chi connectivity index (χ1) is 27.6. The number of rotatable bonds is 14. The Morgan fingerprint density at radius 2 is 1.56 bits per heavy atom. The number of sulfone groups is 1. The van der Waals surface area contributed by atoms with Crippen LogP contribution in [-0.4, -0.2) is 141 Å². The van der Waals surface area contributed by atoms with Gasteiger partial charge in [0.15, 0.2) is 9.84 Å². The van der Waals surface area contributed by atoms with Crippen molar-refractivity contribution in [2.24, 2.45) is 17.8 Å². The molecule has 1 unspecified atom stereocenters. The number of carboxylic acid groups (broad SMARTS) is 1. The fourth-order valence-electron chi connectivity index (χ4n) is 11.0. The van der Waals surface area contributed by atoms with Crippen molar-refractivity contribution >= 4 is 27.5 Å². The summed E-state index contributed by atoms with van der Waals surface area (Å²) in [6, 6.07) is 14.3. The molecule has 5 aliphatic heterocycles. The quantitative estimate of drug-likeness (QED) is 0.253. The van der Waals surface area contributed by atoms with E-state index >= 15 is 0 Å². The molecule has 2 N–H and O–H groups in total. The number of benzene rings is 2. The molecule has 0 radical (unpaired) electrons. The van der Waals surface area contributed by atoms with E-state index in [4.69, 9.17) is 0 Å². The van der Waals surface area contributed by atoms with Crippen LogP contribution < -0.4 is 10.2 Å². The Morgan fingerprint density at radius 3 is 2.26 bits per heavy atom. The average Bonchev–Trinajstić information content (AvgIpc) is 3.60. The van der Waals surface area contributed by atoms with Gasteiger partial charge in [-0.1, -0.05) is 37.1 Å². The van der Waals surface area contributed by atoms with Gasteiger partial charge in [-0.05, 0) is 132 Å². The first-order valence-electron chi connectivity index (χ1n) is 21.6. The minimum atomic E-state index is -3.56. The molecule has 1 saturated carbocycles. The summed E-state index contributed by atoms with van der Waals surface area (Å²) in [6.45, 7) is 10.9. The van der Waals surface area contributed by atoms with Crippen molar-refractivity contribution in [2.75, 3.05) is 90.0 Å². The van der Waals surface area contributed by atoms with Gasteiger partial charge in [0, 0.05) is 75.0 Å². The summed E-state index contributed by atoms with van der Waals surface area (Å²) in [6.07, 6.45) is 12.0. The SMILES string of the molecule is O=C(O)N[C@H]1CCC[C@@H]1C(CN1CCC1)(c1cccc(F)c1)C1CCN(CC2CN(c3cccc(S(=O)(=O)C4CN(C(=O)/C=C/CN5CCCCC5)C4)c3)C2)CC1. The Bertz CT molecular complexity index is 1870. The predicted molar refractivity (Wildman–Crippen MR) is 220 cm³/mol. The fourth-order valence-corrected chi connectivity index (χ4v) is 12.7. The summed E-state index contributed by atoms with van der Waals surface area (Å²) in [5.41, 5.74) is 1.61. The zero-order valence-corrected chi connectivity index (χ0v) is 34.1. The molecule has 11 nitrogen and oxygen atoms in total. The molecule has 5 heterocycles. The summed E-state index contributed by atoms with van der Waals surface area (Å²) in [5, 5.41) is 12.1. The van der Waals surface area contributed by atoms with Gasteiger partial charge < -0.3 is 30.0 Å². The first-order valence-corrected chi connectivity index (χ1v) is 23.1. The maximum Gasteiger partial charge on any atom is 0.404 e. The second kappa shape index (κ2) is 17.4. The molecule has 5 saturated heterocycles. The van der Waals surface area contributed by atoms with E-state index in [1.165, 1.54) is 25.3 Å². The summed E-state index contributed by atoms with van der Waals surface area (Å²) in [7, 11) is -3.56. The van der Waals surface area contributed by atoms with Gasteiger partial charge in [-0.3, -0.25) is 9.69 Å². The standard InChI is InChI=1S/C44H61FN6O5S/c45-36-10-4-9-35(25-36)44(32-49-21-8-22-49,40-13-6-14-41(40)46-43(53)54)34-16-23-48(24-17-34)27-33-28-50(29-33)37-11-5-12-38(26-37)57(55,56)39-30-51(31-39)42(52)15-7-20-47-18-2-1-3-19-47/h4-5,7,9-12,15,25-26,33-34,39-41,46H,1-3,6,8,13-14,16-24,27-32H2,(H,53,54)/b15-7+/t40-,41-,44?/m0/s1. The molecule has 2 aromatic rings. The molecule has 2 amide bonds. The lowest BCUT2D eigenvalue weighted by atomic mass is 9.57. The monoisotopic (exact) mass is 804 g/mol. The van der Waals surface area contributed by atoms with Crippen LogP contribution in [0.5, 0.6) is 0 Å². The third kappa shape index (κ3) is 8.77. The molecule has 6 fully saturated rings. The zero-order valence-electron chi connectivity index (χ0n) is 33.3. The zero-order chi connectivity index (χ0) is 39.6. The summed E-state index contributed by atoms with van der Waals surface area (Å²) < 4.78 is 42.2. The number of carbonyl (C=O) groups is 2. The number of anilines is 1. The van der Waals surface area contributed by atoms with E-state index in [9.17, 15) is 27.5 Å². The number of hydrogen-bond acceptors (Lipinski definition) is 8. The van der Waals surface area contributed by atoms with Gasteiger partial charge in [-0.25, -0.2) is 17.6 Å². The van der Waals surface area contributed by atoms with Crippen molar-refractivity contribution in [3.8, 4) is 0 Å². The number of likely N-dealkylation sites (tertiary alicyclic amines) is 4. The van der Waals surface area contributed by atoms with Gasteiger partial charge in [0.2, 0.25) is 5.91 Å². The average molecular weight is 805 g/mol. The van der Waals surface area contributed by atoms with Crippen molar-refractivity contribution in [2.45, 2.75) is 79.4 Å². The molecular formula is C44H61FN6O5S. The molecule has 57 heavy (non-hydrogen) atoms. The lowest BCUT2D eigenvalue weighted by Crippen LogP contribution is -2.60. The van der Waals surface area contributed by atoms with Gasteiger partial charge in [0.05, 0.1) is 4.90 Å². The molecule has 0 aromatic heterocycles. The van der Waals surface area contributed by atoms with Crippen molar-refractivity contribution in [3.63, 3.8) is 0 Å². The highest BCUT2D eigenvalue weighted by Gasteiger charge is 2.53. The van der Waals surface area contributed by atoms with Crippen molar-refractivity contribution < 1.29 is 27.5 Å². The van der Waals surface area contributed by atoms with E-state index in [1.54, 1.807) is 29.2 Å². The van der Waals surface area contributed by atoms with E-state index in [-0.39, 0.29) is 42.2 Å². The lowest BCUT2D eigenvalue weighted by Gasteiger charge is -2.54. The smallest absolute Gasteiger partial charge is 0.404 e. The Labute approximate surface area is 338 Å². The number of hydrogen-bond donors (Lipinski definition) is 2. The third-order valence-electron chi connectivity index (χ3n) is 14.3. The van der Waals surface area contributed by atoms with E-state index in [0.717, 1.165) is 122 Å². The number of carbonyl (C=O) groups excluding carboxylic acids is 1. The molecule has 6 aliphatic rings. The third-order valence-corrected chi connectivity index (χ3v) is 16.3. The van der Waals surface area contributed by atoms with Gasteiger partial charge in [0.1, 0.15) is 11.1 Å². The predicted octanol–water partition coefficient (Wildman–Crippen LogP) is 5.08. The normalized spacial score (nSPS) is 25.8. The number of piperidine rings is 2. The van der Waals surface area contributed by atoms with Gasteiger partial charge in [-0.2, -0.15) is 0 Å². The van der Waals surface area contributed by atoms with Crippen LogP contribution in [0.25, 0.3) is 0 Å². The number of nitrogens with one attached hydrogen (secondary N) is 1. The summed E-state index contributed by atoms with van der Waals surface area (Å²) in [5.74, 6) is 0.542. The largest absolute Gasteiger partial charge is 0.465 e. The highest BCUT2D eigenvalue weighted by molar-refractivity contribution is 7.92. The van der Waals surface area contributed by atoms with Gasteiger partial charge in [-0.15, -0.1) is 0 Å². The van der Waals surface area contributed by atoms with Gasteiger partial charge >= 0.3 is 6.09 Å². The van der Waals surface area contributed by atoms with Crippen LogP contribution in [0.1, 0.15) is 63.4 Å². The van der Waals surface area contributed by atoms with Crippen molar-refractivity contribution in [1.29, 1.82) is 0 Å². The number of amides is 2. The summed E-state index contributed by atoms with van der Waals surface area (Å²) >= 11 is 0. The van der Waals surface area contributed by atoms with Crippen molar-refractivity contribution in [3.05, 3.63) is 72.1 Å². The molecule has 1 aliphatic carbocycles. The van der Waals surface area contributed by atoms with Gasteiger partial charge in [0.25, 0.3) is 0 Å².